The van der Waals surface area contributed by atoms with Gasteiger partial charge in [-0.15, -0.1) is 0 Å². The Morgan fingerprint density at radius 3 is 2.94 bits per heavy atom. The van der Waals surface area contributed by atoms with Gasteiger partial charge in [0.15, 0.2) is 0 Å². The SMILES string of the molecule is O=C(Cc1cccc(F)c1)N1CC2(CCNC2)C1. The highest BCUT2D eigenvalue weighted by Crippen LogP contribution is 2.36. The van der Waals surface area contributed by atoms with E-state index in [1.165, 1.54) is 12.1 Å². The molecule has 2 saturated heterocycles. The number of carbonyl (C=O) groups is 1. The van der Waals surface area contributed by atoms with Crippen molar-refractivity contribution in [2.24, 2.45) is 5.41 Å². The molecule has 2 aliphatic rings. The van der Waals surface area contributed by atoms with Crippen molar-refractivity contribution in [3.05, 3.63) is 35.6 Å². The van der Waals surface area contributed by atoms with Gasteiger partial charge in [0, 0.05) is 25.0 Å². The Morgan fingerprint density at radius 1 is 1.44 bits per heavy atom. The van der Waals surface area contributed by atoms with E-state index in [2.05, 4.69) is 5.32 Å². The van der Waals surface area contributed by atoms with Crippen LogP contribution >= 0.6 is 0 Å². The fourth-order valence-corrected chi connectivity index (χ4v) is 2.94. The van der Waals surface area contributed by atoms with Gasteiger partial charge in [0.2, 0.25) is 5.91 Å². The Balaban J connectivity index is 1.57. The van der Waals surface area contributed by atoms with Gasteiger partial charge in [-0.1, -0.05) is 12.1 Å². The number of hydrogen-bond donors (Lipinski definition) is 1. The van der Waals surface area contributed by atoms with Crippen molar-refractivity contribution in [2.45, 2.75) is 12.8 Å². The van der Waals surface area contributed by atoms with Crippen molar-refractivity contribution < 1.29 is 9.18 Å². The molecule has 0 aromatic heterocycles. The van der Waals surface area contributed by atoms with Gasteiger partial charge in [0.05, 0.1) is 6.42 Å². The van der Waals surface area contributed by atoms with Crippen LogP contribution in [0.2, 0.25) is 0 Å². The summed E-state index contributed by atoms with van der Waals surface area (Å²) < 4.78 is 13.0. The van der Waals surface area contributed by atoms with E-state index in [1.807, 2.05) is 4.90 Å². The molecule has 0 unspecified atom stereocenters. The molecule has 0 bridgehead atoms. The molecule has 3 rings (SSSR count). The Bertz CT molecular complexity index is 461. The highest BCUT2D eigenvalue weighted by atomic mass is 19.1. The van der Waals surface area contributed by atoms with Crippen molar-refractivity contribution >= 4 is 5.91 Å². The minimum atomic E-state index is -0.277. The zero-order valence-electron chi connectivity index (χ0n) is 10.3. The number of halogens is 1. The van der Waals surface area contributed by atoms with Crippen LogP contribution in [0.5, 0.6) is 0 Å². The summed E-state index contributed by atoms with van der Waals surface area (Å²) in [7, 11) is 0. The van der Waals surface area contributed by atoms with Crippen LogP contribution in [0.25, 0.3) is 0 Å². The lowest BCUT2D eigenvalue weighted by Gasteiger charge is -2.47. The van der Waals surface area contributed by atoms with Gasteiger partial charge < -0.3 is 10.2 Å². The molecule has 1 aromatic rings. The van der Waals surface area contributed by atoms with E-state index < -0.39 is 0 Å². The quantitative estimate of drug-likeness (QED) is 0.852. The molecule has 1 N–H and O–H groups in total. The maximum atomic E-state index is 13.0. The van der Waals surface area contributed by atoms with Crippen molar-refractivity contribution in [1.82, 2.24) is 10.2 Å². The molecular formula is C14H17FN2O. The van der Waals surface area contributed by atoms with E-state index in [-0.39, 0.29) is 11.7 Å². The summed E-state index contributed by atoms with van der Waals surface area (Å²) >= 11 is 0. The van der Waals surface area contributed by atoms with E-state index in [0.717, 1.165) is 38.2 Å². The fourth-order valence-electron chi connectivity index (χ4n) is 2.94. The Labute approximate surface area is 106 Å². The lowest BCUT2D eigenvalue weighted by Crippen LogP contribution is -2.59. The van der Waals surface area contributed by atoms with Crippen molar-refractivity contribution in [3.63, 3.8) is 0 Å². The number of nitrogens with zero attached hydrogens (tertiary/aromatic N) is 1. The van der Waals surface area contributed by atoms with Gasteiger partial charge in [-0.25, -0.2) is 4.39 Å². The van der Waals surface area contributed by atoms with E-state index >= 15 is 0 Å². The third kappa shape index (κ3) is 2.12. The summed E-state index contributed by atoms with van der Waals surface area (Å²) in [5.41, 5.74) is 1.09. The monoisotopic (exact) mass is 248 g/mol. The van der Waals surface area contributed by atoms with Gasteiger partial charge in [0.25, 0.3) is 0 Å². The lowest BCUT2D eigenvalue weighted by molar-refractivity contribution is -0.141. The molecule has 18 heavy (non-hydrogen) atoms. The number of amides is 1. The summed E-state index contributed by atoms with van der Waals surface area (Å²) in [6.45, 7) is 3.80. The van der Waals surface area contributed by atoms with Crippen LogP contribution < -0.4 is 5.32 Å². The highest BCUT2D eigenvalue weighted by Gasteiger charge is 2.46. The number of hydrogen-bond acceptors (Lipinski definition) is 2. The van der Waals surface area contributed by atoms with E-state index in [9.17, 15) is 9.18 Å². The summed E-state index contributed by atoms with van der Waals surface area (Å²) in [4.78, 5) is 13.9. The zero-order chi connectivity index (χ0) is 12.6. The molecule has 2 fully saturated rings. The minimum absolute atomic E-state index is 0.109. The average Bonchev–Trinajstić information content (AvgIpc) is 2.75. The average molecular weight is 248 g/mol. The van der Waals surface area contributed by atoms with E-state index in [0.29, 0.717) is 11.8 Å². The largest absolute Gasteiger partial charge is 0.341 e. The number of nitrogens with one attached hydrogen (secondary N) is 1. The Morgan fingerprint density at radius 2 is 2.28 bits per heavy atom. The molecule has 0 atom stereocenters. The maximum Gasteiger partial charge on any atom is 0.227 e. The molecule has 1 spiro atoms. The van der Waals surface area contributed by atoms with Gasteiger partial charge in [-0.3, -0.25) is 4.79 Å². The van der Waals surface area contributed by atoms with Crippen molar-refractivity contribution in [1.29, 1.82) is 0 Å². The standard InChI is InChI=1S/C14H17FN2O/c15-12-3-1-2-11(6-12)7-13(18)17-9-14(10-17)4-5-16-8-14/h1-3,6,16H,4-5,7-10H2. The first-order valence-electron chi connectivity index (χ1n) is 6.40. The second kappa shape index (κ2) is 4.35. The number of likely N-dealkylation sites (tertiary alicyclic amines) is 1. The van der Waals surface area contributed by atoms with Gasteiger partial charge in [-0.2, -0.15) is 0 Å². The lowest BCUT2D eigenvalue weighted by atomic mass is 9.79. The van der Waals surface area contributed by atoms with Gasteiger partial charge in [0.1, 0.15) is 5.82 Å². The third-order valence-corrected chi connectivity index (χ3v) is 3.98. The van der Waals surface area contributed by atoms with Crippen LogP contribution in [0.4, 0.5) is 4.39 Å². The number of rotatable bonds is 2. The first-order chi connectivity index (χ1) is 8.67. The normalized spacial score (nSPS) is 21.1. The molecule has 0 radical (unpaired) electrons. The number of carbonyl (C=O) groups excluding carboxylic acids is 1. The zero-order valence-corrected chi connectivity index (χ0v) is 10.3. The van der Waals surface area contributed by atoms with Crippen molar-refractivity contribution in [2.75, 3.05) is 26.2 Å². The molecule has 96 valence electrons. The maximum absolute atomic E-state index is 13.0. The molecule has 4 heteroatoms. The molecule has 2 heterocycles. The summed E-state index contributed by atoms with van der Waals surface area (Å²) in [5, 5.41) is 3.34. The number of benzene rings is 1. The summed E-state index contributed by atoms with van der Waals surface area (Å²) in [6, 6.07) is 6.28. The van der Waals surface area contributed by atoms with Crippen LogP contribution in [0.1, 0.15) is 12.0 Å². The fraction of sp³-hybridized carbons (Fsp3) is 0.500. The predicted molar refractivity (Wildman–Crippen MR) is 66.6 cm³/mol. The molecule has 0 saturated carbocycles. The van der Waals surface area contributed by atoms with Crippen molar-refractivity contribution in [3.8, 4) is 0 Å². The summed E-state index contributed by atoms with van der Waals surface area (Å²) in [6.07, 6.45) is 1.47. The first-order valence-corrected chi connectivity index (χ1v) is 6.40. The molecule has 2 aliphatic heterocycles. The minimum Gasteiger partial charge on any atom is -0.341 e. The smallest absolute Gasteiger partial charge is 0.227 e. The third-order valence-electron chi connectivity index (χ3n) is 3.98. The predicted octanol–water partition coefficient (Wildman–Crippen LogP) is 1.19. The molecule has 0 aliphatic carbocycles. The van der Waals surface area contributed by atoms with Gasteiger partial charge >= 0.3 is 0 Å². The van der Waals surface area contributed by atoms with Crippen LogP contribution in [0.3, 0.4) is 0 Å². The Hall–Kier alpha value is -1.42. The molecular weight excluding hydrogens is 231 g/mol. The molecule has 1 aromatic carbocycles. The molecule has 1 amide bonds. The van der Waals surface area contributed by atoms with Gasteiger partial charge in [-0.05, 0) is 30.7 Å². The Kier molecular flexibility index (Phi) is 2.82. The van der Waals surface area contributed by atoms with Crippen LogP contribution in [-0.4, -0.2) is 37.0 Å². The highest BCUT2D eigenvalue weighted by molar-refractivity contribution is 5.79. The topological polar surface area (TPSA) is 32.3 Å². The first kappa shape index (κ1) is 11.7. The van der Waals surface area contributed by atoms with Crippen LogP contribution in [0, 0.1) is 11.2 Å². The van der Waals surface area contributed by atoms with Crippen LogP contribution in [0.15, 0.2) is 24.3 Å². The molecule has 3 nitrogen and oxygen atoms in total. The summed E-state index contributed by atoms with van der Waals surface area (Å²) in [5.74, 6) is -0.168. The second-order valence-corrected chi connectivity index (χ2v) is 5.48. The van der Waals surface area contributed by atoms with E-state index in [4.69, 9.17) is 0 Å². The second-order valence-electron chi connectivity index (χ2n) is 5.48. The van der Waals surface area contributed by atoms with E-state index in [1.54, 1.807) is 12.1 Å². The van der Waals surface area contributed by atoms with Crippen LogP contribution in [-0.2, 0) is 11.2 Å².